The fraction of sp³-hybridized carbons (Fsp3) is 0.500. The van der Waals surface area contributed by atoms with Gasteiger partial charge in [0.05, 0.1) is 34.5 Å². The molecule has 2 aliphatic carbocycles. The van der Waals surface area contributed by atoms with E-state index in [2.05, 4.69) is 0 Å². The quantitative estimate of drug-likeness (QED) is 0.299. The molecule has 3 aliphatic rings. The smallest absolute Gasteiger partial charge is 0.202 e. The molecule has 1 saturated heterocycles. The van der Waals surface area contributed by atoms with Crippen molar-refractivity contribution in [2.75, 3.05) is 14.1 Å². The molecule has 6 atom stereocenters. The van der Waals surface area contributed by atoms with Gasteiger partial charge in [-0.05, 0) is 46.3 Å². The lowest BCUT2D eigenvalue weighted by Gasteiger charge is -2.46. The van der Waals surface area contributed by atoms with Crippen LogP contribution in [0, 0.1) is 0 Å². The van der Waals surface area contributed by atoms with E-state index >= 15 is 0 Å². The number of carbonyl (C=O) groups is 2. The lowest BCUT2D eigenvalue weighted by atomic mass is 9.71. The van der Waals surface area contributed by atoms with Gasteiger partial charge in [-0.3, -0.25) is 9.59 Å². The van der Waals surface area contributed by atoms with E-state index in [0.29, 0.717) is 0 Å². The van der Waals surface area contributed by atoms with Crippen LogP contribution < -0.4 is 0 Å². The second kappa shape index (κ2) is 10.3. The zero-order valence-electron chi connectivity index (χ0n) is 22.2. The fourth-order valence-corrected chi connectivity index (χ4v) is 6.08. The summed E-state index contributed by atoms with van der Waals surface area (Å²) >= 11 is 0. The van der Waals surface area contributed by atoms with Gasteiger partial charge in [0.1, 0.15) is 23.4 Å². The van der Waals surface area contributed by atoms with Gasteiger partial charge in [0, 0.05) is 29.2 Å². The lowest BCUT2D eigenvalue weighted by molar-refractivity contribution is -0.276. The van der Waals surface area contributed by atoms with Gasteiger partial charge in [0.2, 0.25) is 5.78 Å². The Morgan fingerprint density at radius 1 is 1.08 bits per heavy atom. The average Bonchev–Trinajstić information content (AvgIpc) is 2.87. The highest BCUT2D eigenvalue weighted by atomic mass is 35.5. The Bertz CT molecular complexity index is 1330. The Morgan fingerprint density at radius 2 is 1.74 bits per heavy atom. The molecule has 2 aromatic rings. The number of aromatic hydroxyl groups is 3. The fourth-order valence-electron chi connectivity index (χ4n) is 6.08. The summed E-state index contributed by atoms with van der Waals surface area (Å²) in [4.78, 5) is 28.7. The molecule has 0 unspecified atom stereocenters. The van der Waals surface area contributed by atoms with Gasteiger partial charge in [-0.2, -0.15) is 0 Å². The van der Waals surface area contributed by atoms with Crippen molar-refractivity contribution in [2.45, 2.75) is 75.8 Å². The third-order valence-electron chi connectivity index (χ3n) is 8.36. The third kappa shape index (κ3) is 4.39. The molecule has 0 radical (unpaired) electrons. The van der Waals surface area contributed by atoms with Crippen molar-refractivity contribution >= 4 is 24.0 Å². The number of benzene rings is 2. The van der Waals surface area contributed by atoms with Crippen molar-refractivity contribution in [1.82, 2.24) is 4.90 Å². The molecule has 0 spiro atoms. The topological polar surface area (TPSA) is 157 Å². The number of fused-ring (bicyclic) bond motifs is 3. The minimum Gasteiger partial charge on any atom is -0.507 e. The van der Waals surface area contributed by atoms with E-state index in [1.165, 1.54) is 18.2 Å². The van der Waals surface area contributed by atoms with Crippen LogP contribution in [0.5, 0.6) is 17.2 Å². The van der Waals surface area contributed by atoms with E-state index in [0.717, 1.165) is 0 Å². The number of hydrogen-bond acceptors (Lipinski definition) is 10. The van der Waals surface area contributed by atoms with Gasteiger partial charge in [0.25, 0.3) is 0 Å². The number of halogens is 1. The second-order valence-electron chi connectivity index (χ2n) is 10.7. The molecular formula is C28H34ClNO9. The van der Waals surface area contributed by atoms with Gasteiger partial charge in [-0.1, -0.05) is 19.1 Å². The highest BCUT2D eigenvalue weighted by molar-refractivity contribution is 6.31. The second-order valence-corrected chi connectivity index (χ2v) is 10.7. The van der Waals surface area contributed by atoms with E-state index in [9.17, 15) is 35.1 Å². The van der Waals surface area contributed by atoms with E-state index in [-0.39, 0.29) is 71.9 Å². The van der Waals surface area contributed by atoms with Crippen LogP contribution in [0.1, 0.15) is 82.2 Å². The first-order valence-corrected chi connectivity index (χ1v) is 12.8. The highest BCUT2D eigenvalue weighted by Gasteiger charge is 2.50. The summed E-state index contributed by atoms with van der Waals surface area (Å²) in [5.41, 5.74) is -2.34. The number of hydrogen-bond donors (Lipinski definition) is 5. The summed E-state index contributed by atoms with van der Waals surface area (Å²) in [6.45, 7) is 3.48. The van der Waals surface area contributed by atoms with Crippen LogP contribution in [0.4, 0.5) is 0 Å². The predicted octanol–water partition coefficient (Wildman–Crippen LogP) is 2.57. The molecule has 10 nitrogen and oxygen atoms in total. The van der Waals surface area contributed by atoms with Crippen molar-refractivity contribution in [2.24, 2.45) is 0 Å². The Morgan fingerprint density at radius 3 is 2.38 bits per heavy atom. The lowest BCUT2D eigenvalue weighted by Crippen LogP contribution is -2.54. The van der Waals surface area contributed by atoms with Gasteiger partial charge in [-0.25, -0.2) is 0 Å². The van der Waals surface area contributed by atoms with E-state index in [4.69, 9.17) is 9.47 Å². The number of nitrogens with zero attached hydrogens (tertiary/aromatic N) is 1. The van der Waals surface area contributed by atoms with Gasteiger partial charge in [0.15, 0.2) is 12.1 Å². The summed E-state index contributed by atoms with van der Waals surface area (Å²) in [7, 11) is 3.66. The predicted molar refractivity (Wildman–Crippen MR) is 142 cm³/mol. The molecule has 5 N–H and O–H groups in total. The summed E-state index contributed by atoms with van der Waals surface area (Å²) in [5, 5.41) is 55.3. The molecule has 5 rings (SSSR count). The summed E-state index contributed by atoms with van der Waals surface area (Å²) in [5.74, 6) is -2.94. The largest absolute Gasteiger partial charge is 0.507 e. The number of ketones is 2. The van der Waals surface area contributed by atoms with Crippen molar-refractivity contribution < 1.29 is 44.6 Å². The zero-order valence-corrected chi connectivity index (χ0v) is 23.0. The maximum Gasteiger partial charge on any atom is 0.202 e. The molecule has 2 aromatic carbocycles. The molecule has 0 bridgehead atoms. The van der Waals surface area contributed by atoms with Crippen molar-refractivity contribution in [1.29, 1.82) is 0 Å². The maximum atomic E-state index is 13.5. The van der Waals surface area contributed by atoms with E-state index in [1.54, 1.807) is 13.8 Å². The third-order valence-corrected chi connectivity index (χ3v) is 8.36. The molecule has 11 heteroatoms. The summed E-state index contributed by atoms with van der Waals surface area (Å²) < 4.78 is 12.2. The molecule has 0 aromatic heterocycles. The molecule has 1 heterocycles. The molecule has 1 aliphatic heterocycles. The first-order chi connectivity index (χ1) is 17.9. The highest BCUT2D eigenvalue weighted by Crippen LogP contribution is 2.53. The standard InChI is InChI=1S/C28H33NO9.ClH/c1-5-28(36)10-9-14-19(27(28)38-17-11-15(29(3)4)22(31)12(2)37-17)26(35)21-20(24(14)33)25(34)18-13(23(21)32)7-6-8-16(18)30;/h6-8,12,15,17,22,27,30-31,33,35-36H,5,9-11H2,1-4H3;1H/t12-,15-,17-,22+,27+,28+;/m0./s1. The summed E-state index contributed by atoms with van der Waals surface area (Å²) in [6.07, 6.45) is -2.64. The number of carbonyl (C=O) groups excluding carboxylic acids is 2. The number of ether oxygens (including phenoxy) is 2. The van der Waals surface area contributed by atoms with Gasteiger partial charge >= 0.3 is 0 Å². The number of rotatable bonds is 4. The van der Waals surface area contributed by atoms with Crippen LogP contribution in [-0.4, -0.2) is 86.2 Å². The van der Waals surface area contributed by atoms with Gasteiger partial charge in [-0.15, -0.1) is 12.4 Å². The van der Waals surface area contributed by atoms with Crippen molar-refractivity contribution in [3.63, 3.8) is 0 Å². The van der Waals surface area contributed by atoms with Crippen LogP contribution in [0.25, 0.3) is 0 Å². The Balaban J connectivity index is 0.00000353. The average molecular weight is 564 g/mol. The summed E-state index contributed by atoms with van der Waals surface area (Å²) in [6, 6.07) is 3.77. The van der Waals surface area contributed by atoms with Crippen molar-refractivity contribution in [3.05, 3.63) is 51.6 Å². The first-order valence-electron chi connectivity index (χ1n) is 12.8. The van der Waals surface area contributed by atoms with Crippen LogP contribution in [-0.2, 0) is 15.9 Å². The zero-order chi connectivity index (χ0) is 27.7. The SMILES string of the molecule is CC[C@@]1(O)CCc2c(O)c3c(c(O)c2[C@H]1O[C@H]1C[C@H](N(C)C)[C@H](O)[C@H](C)O1)C(=O)c1cccc(O)c1C3=O.Cl. The number of aliphatic hydroxyl groups is 2. The van der Waals surface area contributed by atoms with Crippen molar-refractivity contribution in [3.8, 4) is 17.2 Å². The number of likely N-dealkylation sites (N-methyl/N-ethyl adjacent to an activating group) is 1. The Kier molecular flexibility index (Phi) is 7.76. The van der Waals surface area contributed by atoms with Crippen LogP contribution in [0.15, 0.2) is 18.2 Å². The van der Waals surface area contributed by atoms with Gasteiger partial charge < -0.3 is 39.9 Å². The first kappa shape index (κ1) is 29.3. The Labute approximate surface area is 232 Å². The number of phenolic OH excluding ortho intramolecular Hbond substituents is 3. The normalized spacial score (nSPS) is 29.9. The van der Waals surface area contributed by atoms with Crippen LogP contribution >= 0.6 is 12.4 Å². The maximum absolute atomic E-state index is 13.5. The Hall–Kier alpha value is -2.73. The number of phenols is 3. The van der Waals surface area contributed by atoms with E-state index < -0.39 is 64.6 Å². The van der Waals surface area contributed by atoms with Crippen LogP contribution in [0.2, 0.25) is 0 Å². The molecule has 0 saturated carbocycles. The minimum atomic E-state index is -1.47. The molecular weight excluding hydrogens is 530 g/mol. The molecule has 212 valence electrons. The molecule has 0 amide bonds. The molecule has 1 fully saturated rings. The minimum absolute atomic E-state index is 0. The van der Waals surface area contributed by atoms with E-state index in [1.807, 2.05) is 19.0 Å². The number of aliphatic hydroxyl groups excluding tert-OH is 1. The monoisotopic (exact) mass is 563 g/mol. The van der Waals surface area contributed by atoms with Crippen LogP contribution in [0.3, 0.4) is 0 Å². The molecule has 39 heavy (non-hydrogen) atoms.